The topological polar surface area (TPSA) is 58.9 Å². The predicted molar refractivity (Wildman–Crippen MR) is 74.1 cm³/mol. The summed E-state index contributed by atoms with van der Waals surface area (Å²) in [4.78, 5) is 0. The van der Waals surface area contributed by atoms with Crippen molar-refractivity contribution in [2.75, 3.05) is 20.3 Å². The first-order chi connectivity index (χ1) is 8.96. The van der Waals surface area contributed by atoms with Gasteiger partial charge < -0.3 is 19.7 Å². The summed E-state index contributed by atoms with van der Waals surface area (Å²) in [6.45, 7) is 4.50. The van der Waals surface area contributed by atoms with Gasteiger partial charge in [-0.3, -0.25) is 0 Å². The maximum absolute atomic E-state index is 9.75. The van der Waals surface area contributed by atoms with Gasteiger partial charge in [0, 0.05) is 6.61 Å². The molecule has 4 heteroatoms. The molecule has 0 amide bonds. The Morgan fingerprint density at radius 1 is 1.26 bits per heavy atom. The summed E-state index contributed by atoms with van der Waals surface area (Å²) in [6.07, 6.45) is 0.520. The van der Waals surface area contributed by atoms with Crippen LogP contribution in [0.3, 0.4) is 0 Å². The van der Waals surface area contributed by atoms with Gasteiger partial charge in [-0.2, -0.15) is 0 Å². The Morgan fingerprint density at radius 2 is 1.89 bits per heavy atom. The molecule has 1 rings (SSSR count). The lowest BCUT2D eigenvalue weighted by Gasteiger charge is -2.24. The zero-order valence-corrected chi connectivity index (χ0v) is 11.9. The van der Waals surface area contributed by atoms with Crippen molar-refractivity contribution < 1.29 is 19.7 Å². The Morgan fingerprint density at radius 3 is 2.42 bits per heavy atom. The first-order valence-corrected chi connectivity index (χ1v) is 6.51. The maximum atomic E-state index is 9.75. The summed E-state index contributed by atoms with van der Waals surface area (Å²) in [5.74, 6) is 1.02. The highest BCUT2D eigenvalue weighted by atomic mass is 16.5. The zero-order valence-electron chi connectivity index (χ0n) is 11.9. The molecular formula is C15H24O4. The average Bonchev–Trinajstić information content (AvgIpc) is 2.39. The molecule has 0 heterocycles. The van der Waals surface area contributed by atoms with Gasteiger partial charge in [0.2, 0.25) is 0 Å². The lowest BCUT2D eigenvalue weighted by atomic mass is 9.94. The van der Waals surface area contributed by atoms with Crippen LogP contribution in [-0.4, -0.2) is 36.1 Å². The summed E-state index contributed by atoms with van der Waals surface area (Å²) in [5.41, 5.74) is 0.0602. The molecule has 0 unspecified atom stereocenters. The van der Waals surface area contributed by atoms with Gasteiger partial charge >= 0.3 is 0 Å². The third kappa shape index (κ3) is 6.05. The van der Waals surface area contributed by atoms with Crippen molar-refractivity contribution in [3.8, 4) is 5.75 Å². The first-order valence-electron chi connectivity index (χ1n) is 6.51. The number of methoxy groups -OCH3 is 1. The zero-order chi connectivity index (χ0) is 14.3. The van der Waals surface area contributed by atoms with Gasteiger partial charge in [-0.25, -0.2) is 0 Å². The van der Waals surface area contributed by atoms with Crippen molar-refractivity contribution in [2.24, 2.45) is 5.92 Å². The van der Waals surface area contributed by atoms with E-state index in [1.54, 1.807) is 14.0 Å². The minimum absolute atomic E-state index is 0.195. The van der Waals surface area contributed by atoms with Gasteiger partial charge in [0.1, 0.15) is 5.75 Å². The van der Waals surface area contributed by atoms with Gasteiger partial charge in [0.05, 0.1) is 25.9 Å². The van der Waals surface area contributed by atoms with E-state index in [0.29, 0.717) is 19.6 Å². The maximum Gasteiger partial charge on any atom is 0.118 e. The smallest absolute Gasteiger partial charge is 0.118 e. The molecule has 1 aromatic carbocycles. The highest BCUT2D eigenvalue weighted by Crippen LogP contribution is 2.17. The minimum atomic E-state index is -1.02. The van der Waals surface area contributed by atoms with Gasteiger partial charge in [-0.1, -0.05) is 19.1 Å². The second-order valence-corrected chi connectivity index (χ2v) is 5.33. The molecule has 0 radical (unpaired) electrons. The van der Waals surface area contributed by atoms with Crippen molar-refractivity contribution in [3.63, 3.8) is 0 Å². The van der Waals surface area contributed by atoms with Crippen molar-refractivity contribution >= 4 is 0 Å². The molecular weight excluding hydrogens is 244 g/mol. The number of aliphatic hydroxyl groups is 2. The number of ether oxygens (including phenoxy) is 2. The van der Waals surface area contributed by atoms with Crippen LogP contribution < -0.4 is 4.74 Å². The third-order valence-electron chi connectivity index (χ3n) is 2.96. The van der Waals surface area contributed by atoms with E-state index in [9.17, 15) is 5.11 Å². The average molecular weight is 268 g/mol. The van der Waals surface area contributed by atoms with Crippen LogP contribution in [-0.2, 0) is 11.3 Å². The minimum Gasteiger partial charge on any atom is -0.497 e. The van der Waals surface area contributed by atoms with Crippen LogP contribution in [0.5, 0.6) is 5.75 Å². The molecule has 0 bridgehead atoms. The van der Waals surface area contributed by atoms with Crippen LogP contribution in [0.25, 0.3) is 0 Å². The quantitative estimate of drug-likeness (QED) is 0.757. The van der Waals surface area contributed by atoms with Crippen LogP contribution in [0.15, 0.2) is 24.3 Å². The lowest BCUT2D eigenvalue weighted by molar-refractivity contribution is -0.0283. The number of aliphatic hydroxyl groups excluding tert-OH is 1. The fourth-order valence-corrected chi connectivity index (χ4v) is 1.97. The summed E-state index contributed by atoms with van der Waals surface area (Å²) in [5, 5.41) is 18.7. The van der Waals surface area contributed by atoms with E-state index in [-0.39, 0.29) is 12.5 Å². The Kier molecular flexibility index (Phi) is 6.28. The van der Waals surface area contributed by atoms with Gasteiger partial charge in [0.25, 0.3) is 0 Å². The molecule has 0 aliphatic heterocycles. The van der Waals surface area contributed by atoms with E-state index in [1.807, 2.05) is 31.2 Å². The normalized spacial score (nSPS) is 15.8. The Bertz CT molecular complexity index is 359. The molecule has 0 saturated heterocycles. The second kappa shape index (κ2) is 7.48. The SMILES string of the molecule is COc1ccc(COC[C@@H](C)C[C@](C)(O)CO)cc1. The molecule has 4 nitrogen and oxygen atoms in total. The Labute approximate surface area is 115 Å². The first kappa shape index (κ1) is 16.0. The standard InChI is InChI=1S/C15H24O4/c1-12(8-15(2,17)11-16)9-19-10-13-4-6-14(18-3)7-5-13/h4-7,12,16-17H,8-11H2,1-3H3/t12-,15-/m0/s1. The second-order valence-electron chi connectivity index (χ2n) is 5.33. The fraction of sp³-hybridized carbons (Fsp3) is 0.600. The van der Waals surface area contributed by atoms with Crippen molar-refractivity contribution in [1.29, 1.82) is 0 Å². The Balaban J connectivity index is 2.29. The van der Waals surface area contributed by atoms with Crippen molar-refractivity contribution in [1.82, 2.24) is 0 Å². The molecule has 2 atom stereocenters. The van der Waals surface area contributed by atoms with E-state index in [2.05, 4.69) is 0 Å². The molecule has 0 fully saturated rings. The van der Waals surface area contributed by atoms with E-state index in [4.69, 9.17) is 14.6 Å². The van der Waals surface area contributed by atoms with Crippen molar-refractivity contribution in [2.45, 2.75) is 32.5 Å². The molecule has 108 valence electrons. The molecule has 19 heavy (non-hydrogen) atoms. The third-order valence-corrected chi connectivity index (χ3v) is 2.96. The molecule has 2 N–H and O–H groups in total. The summed E-state index contributed by atoms with van der Waals surface area (Å²) in [6, 6.07) is 7.73. The van der Waals surface area contributed by atoms with Crippen LogP contribution >= 0.6 is 0 Å². The van der Waals surface area contributed by atoms with Gasteiger partial charge in [0.15, 0.2) is 0 Å². The Hall–Kier alpha value is -1.10. The van der Waals surface area contributed by atoms with Gasteiger partial charge in [-0.15, -0.1) is 0 Å². The summed E-state index contributed by atoms with van der Waals surface area (Å²) in [7, 11) is 1.64. The molecule has 0 aromatic heterocycles. The van der Waals surface area contributed by atoms with Crippen LogP contribution in [0, 0.1) is 5.92 Å². The molecule has 1 aromatic rings. The van der Waals surface area contributed by atoms with E-state index < -0.39 is 5.60 Å². The molecule has 0 spiro atoms. The van der Waals surface area contributed by atoms with E-state index in [1.165, 1.54) is 0 Å². The van der Waals surface area contributed by atoms with Gasteiger partial charge in [-0.05, 0) is 37.0 Å². The molecule has 0 aliphatic carbocycles. The fourth-order valence-electron chi connectivity index (χ4n) is 1.97. The van der Waals surface area contributed by atoms with Crippen LogP contribution in [0.2, 0.25) is 0 Å². The van der Waals surface area contributed by atoms with E-state index >= 15 is 0 Å². The number of hydrogen-bond acceptors (Lipinski definition) is 4. The van der Waals surface area contributed by atoms with Crippen molar-refractivity contribution in [3.05, 3.63) is 29.8 Å². The van der Waals surface area contributed by atoms with Crippen LogP contribution in [0.4, 0.5) is 0 Å². The summed E-state index contributed by atoms with van der Waals surface area (Å²) < 4.78 is 10.7. The van der Waals surface area contributed by atoms with Crippen LogP contribution in [0.1, 0.15) is 25.8 Å². The predicted octanol–water partition coefficient (Wildman–Crippen LogP) is 1.98. The molecule has 0 saturated carbocycles. The number of benzene rings is 1. The lowest BCUT2D eigenvalue weighted by Crippen LogP contribution is -2.32. The number of hydrogen-bond donors (Lipinski definition) is 2. The van der Waals surface area contributed by atoms with E-state index in [0.717, 1.165) is 11.3 Å². The molecule has 0 aliphatic rings. The highest BCUT2D eigenvalue weighted by Gasteiger charge is 2.22. The highest BCUT2D eigenvalue weighted by molar-refractivity contribution is 5.26. The number of rotatable bonds is 8. The monoisotopic (exact) mass is 268 g/mol. The largest absolute Gasteiger partial charge is 0.497 e. The summed E-state index contributed by atoms with van der Waals surface area (Å²) >= 11 is 0.